The lowest BCUT2D eigenvalue weighted by molar-refractivity contribution is 0.110. The first-order valence-corrected chi connectivity index (χ1v) is 10.7. The van der Waals surface area contributed by atoms with Crippen LogP contribution in [0.4, 0.5) is 4.39 Å². The Labute approximate surface area is 175 Å². The summed E-state index contributed by atoms with van der Waals surface area (Å²) in [6, 6.07) is 12.8. The van der Waals surface area contributed by atoms with Gasteiger partial charge in [-0.1, -0.05) is 12.1 Å². The van der Waals surface area contributed by atoms with E-state index in [1.807, 2.05) is 18.2 Å². The van der Waals surface area contributed by atoms with E-state index in [4.69, 9.17) is 14.2 Å². The van der Waals surface area contributed by atoms with Gasteiger partial charge >= 0.3 is 0 Å². The number of ether oxygens (including phenoxy) is 3. The molecule has 0 saturated carbocycles. The van der Waals surface area contributed by atoms with E-state index in [2.05, 4.69) is 22.4 Å². The fraction of sp³-hybridized carbons (Fsp3) is 0.391. The number of fused-ring (bicyclic) bond motifs is 1. The number of rotatable bonds is 12. The summed E-state index contributed by atoms with van der Waals surface area (Å²) in [6.45, 7) is 4.84. The molecule has 0 fully saturated rings. The average Bonchev–Trinajstić information content (AvgIpc) is 3.16. The molecule has 0 unspecified atom stereocenters. The van der Waals surface area contributed by atoms with Gasteiger partial charge in [-0.05, 0) is 47.7 Å². The lowest BCUT2D eigenvalue weighted by Crippen LogP contribution is -2.32. The van der Waals surface area contributed by atoms with Crippen molar-refractivity contribution in [3.05, 3.63) is 53.7 Å². The van der Waals surface area contributed by atoms with Gasteiger partial charge in [0.05, 0.1) is 19.8 Å². The fourth-order valence-electron chi connectivity index (χ4n) is 3.21. The van der Waals surface area contributed by atoms with Crippen molar-refractivity contribution in [1.82, 2.24) is 4.90 Å². The number of benzene rings is 2. The molecule has 0 radical (unpaired) electrons. The molecule has 156 valence electrons. The Kier molecular flexibility index (Phi) is 8.43. The second kappa shape index (κ2) is 11.3. The summed E-state index contributed by atoms with van der Waals surface area (Å²) in [6.07, 6.45) is 0.941. The number of nitrogens with zero attached hydrogens (tertiary/aromatic N) is 1. The van der Waals surface area contributed by atoms with E-state index in [9.17, 15) is 4.39 Å². The van der Waals surface area contributed by atoms with Crippen LogP contribution in [0.25, 0.3) is 21.2 Å². The molecular weight excluding hydrogens is 389 g/mol. The van der Waals surface area contributed by atoms with Gasteiger partial charge in [-0.15, -0.1) is 11.3 Å². The fourth-order valence-corrected chi connectivity index (χ4v) is 4.20. The van der Waals surface area contributed by atoms with Gasteiger partial charge in [-0.3, -0.25) is 4.90 Å². The van der Waals surface area contributed by atoms with Crippen molar-refractivity contribution in [2.75, 3.05) is 53.7 Å². The van der Waals surface area contributed by atoms with Gasteiger partial charge in [-0.25, -0.2) is 4.39 Å². The number of halogens is 1. The van der Waals surface area contributed by atoms with Crippen LogP contribution in [0.1, 0.15) is 6.42 Å². The summed E-state index contributed by atoms with van der Waals surface area (Å²) in [5, 5.41) is 3.28. The Hall–Kier alpha value is -1.99. The molecule has 0 aliphatic carbocycles. The maximum atomic E-state index is 13.2. The maximum Gasteiger partial charge on any atom is 0.123 e. The van der Waals surface area contributed by atoms with Crippen molar-refractivity contribution < 1.29 is 18.6 Å². The first kappa shape index (κ1) is 21.7. The van der Waals surface area contributed by atoms with Crippen molar-refractivity contribution in [2.24, 2.45) is 0 Å². The zero-order valence-electron chi connectivity index (χ0n) is 17.0. The minimum absolute atomic E-state index is 0.216. The van der Waals surface area contributed by atoms with Gasteiger partial charge < -0.3 is 14.2 Å². The Morgan fingerprint density at radius 1 is 0.897 bits per heavy atom. The van der Waals surface area contributed by atoms with Crippen LogP contribution in [0.15, 0.2) is 47.8 Å². The Morgan fingerprint density at radius 3 is 2.31 bits per heavy atom. The standard InChI is InChI=1S/C23H28FNO3S/c1-26-14-11-25(12-15-27-2)10-3-13-28-20-8-9-21-22(17-29-23(21)16-20)18-4-6-19(24)7-5-18/h4-9,16-17H,3,10-15H2,1-2H3. The number of methoxy groups -OCH3 is 2. The highest BCUT2D eigenvalue weighted by Gasteiger charge is 2.09. The topological polar surface area (TPSA) is 30.9 Å². The molecule has 0 amide bonds. The second-order valence-electron chi connectivity index (χ2n) is 6.84. The van der Waals surface area contributed by atoms with Crippen LogP contribution >= 0.6 is 11.3 Å². The van der Waals surface area contributed by atoms with E-state index in [1.165, 1.54) is 22.2 Å². The largest absolute Gasteiger partial charge is 0.493 e. The van der Waals surface area contributed by atoms with Gasteiger partial charge in [0.15, 0.2) is 0 Å². The van der Waals surface area contributed by atoms with Crippen molar-refractivity contribution >= 4 is 21.4 Å². The monoisotopic (exact) mass is 417 g/mol. The van der Waals surface area contributed by atoms with Crippen LogP contribution in [0, 0.1) is 5.82 Å². The molecular formula is C23H28FNO3S. The van der Waals surface area contributed by atoms with E-state index < -0.39 is 0 Å². The zero-order chi connectivity index (χ0) is 20.5. The summed E-state index contributed by atoms with van der Waals surface area (Å²) >= 11 is 1.68. The van der Waals surface area contributed by atoms with E-state index >= 15 is 0 Å². The highest BCUT2D eigenvalue weighted by atomic mass is 32.1. The second-order valence-corrected chi connectivity index (χ2v) is 7.75. The lowest BCUT2D eigenvalue weighted by Gasteiger charge is -2.21. The van der Waals surface area contributed by atoms with Crippen molar-refractivity contribution in [3.63, 3.8) is 0 Å². The van der Waals surface area contributed by atoms with Crippen LogP contribution in [0.2, 0.25) is 0 Å². The molecule has 4 nitrogen and oxygen atoms in total. The predicted octanol–water partition coefficient (Wildman–Crippen LogP) is 5.07. The first-order valence-electron chi connectivity index (χ1n) is 9.81. The Morgan fingerprint density at radius 2 is 1.62 bits per heavy atom. The van der Waals surface area contributed by atoms with Crippen molar-refractivity contribution in [1.29, 1.82) is 0 Å². The maximum absolute atomic E-state index is 13.2. The molecule has 0 N–H and O–H groups in total. The molecule has 3 rings (SSSR count). The Balaban J connectivity index is 1.55. The molecule has 1 aromatic heterocycles. The molecule has 0 atom stereocenters. The molecule has 0 aliphatic heterocycles. The molecule has 0 bridgehead atoms. The smallest absolute Gasteiger partial charge is 0.123 e. The summed E-state index contributed by atoms with van der Waals surface area (Å²) in [7, 11) is 3.44. The third-order valence-corrected chi connectivity index (χ3v) is 5.76. The highest BCUT2D eigenvalue weighted by Crippen LogP contribution is 2.36. The molecule has 0 saturated heterocycles. The van der Waals surface area contributed by atoms with Gasteiger partial charge in [0.1, 0.15) is 11.6 Å². The SMILES string of the molecule is COCCN(CCCOc1ccc2c(-c3ccc(F)cc3)csc2c1)CCOC. The van der Waals surface area contributed by atoms with Gasteiger partial charge in [0.2, 0.25) is 0 Å². The first-order chi connectivity index (χ1) is 14.2. The van der Waals surface area contributed by atoms with Crippen LogP contribution in [-0.4, -0.2) is 58.6 Å². The van der Waals surface area contributed by atoms with E-state index in [0.717, 1.165) is 56.1 Å². The van der Waals surface area contributed by atoms with Crippen LogP contribution in [0.5, 0.6) is 5.75 Å². The Bertz CT molecular complexity index is 873. The number of hydrogen-bond donors (Lipinski definition) is 0. The molecule has 0 aliphatic rings. The number of thiophene rings is 1. The van der Waals surface area contributed by atoms with E-state index in [0.29, 0.717) is 6.61 Å². The zero-order valence-corrected chi connectivity index (χ0v) is 17.8. The third-order valence-electron chi connectivity index (χ3n) is 4.81. The summed E-state index contributed by atoms with van der Waals surface area (Å²) < 4.78 is 30.7. The van der Waals surface area contributed by atoms with E-state index in [-0.39, 0.29) is 5.82 Å². The minimum atomic E-state index is -0.216. The van der Waals surface area contributed by atoms with Gasteiger partial charge in [0.25, 0.3) is 0 Å². The highest BCUT2D eigenvalue weighted by molar-refractivity contribution is 7.17. The van der Waals surface area contributed by atoms with Crippen LogP contribution < -0.4 is 4.74 Å². The van der Waals surface area contributed by atoms with E-state index in [1.54, 1.807) is 25.6 Å². The third kappa shape index (κ3) is 6.24. The van der Waals surface area contributed by atoms with Crippen molar-refractivity contribution in [3.8, 4) is 16.9 Å². The minimum Gasteiger partial charge on any atom is -0.493 e. The van der Waals surface area contributed by atoms with Crippen LogP contribution in [-0.2, 0) is 9.47 Å². The molecule has 0 spiro atoms. The summed E-state index contributed by atoms with van der Waals surface area (Å²) in [5.74, 6) is 0.664. The molecule has 3 aromatic rings. The quantitative estimate of drug-likeness (QED) is 0.385. The predicted molar refractivity (Wildman–Crippen MR) is 118 cm³/mol. The molecule has 29 heavy (non-hydrogen) atoms. The lowest BCUT2D eigenvalue weighted by atomic mass is 10.0. The normalized spacial score (nSPS) is 11.4. The molecule has 1 heterocycles. The van der Waals surface area contributed by atoms with Gasteiger partial charge in [0, 0.05) is 49.5 Å². The summed E-state index contributed by atoms with van der Waals surface area (Å²) in [4.78, 5) is 2.33. The van der Waals surface area contributed by atoms with Gasteiger partial charge in [-0.2, -0.15) is 0 Å². The van der Waals surface area contributed by atoms with Crippen molar-refractivity contribution in [2.45, 2.75) is 6.42 Å². The molecule has 6 heteroatoms. The van der Waals surface area contributed by atoms with Crippen LogP contribution in [0.3, 0.4) is 0 Å². The average molecular weight is 418 g/mol. The molecule has 2 aromatic carbocycles. The summed E-state index contributed by atoms with van der Waals surface area (Å²) in [5.41, 5.74) is 2.15. The number of hydrogen-bond acceptors (Lipinski definition) is 5.